The molecule has 3 heterocycles. The molecule has 5 rings (SSSR count). The Morgan fingerprint density at radius 3 is 2.55 bits per heavy atom. The molecule has 1 unspecified atom stereocenters. The fourth-order valence-corrected chi connectivity index (χ4v) is 4.32. The number of hydrogen-bond donors (Lipinski definition) is 1. The molecule has 10 heteroatoms. The molecule has 168 valence electrons. The number of halogens is 3. The van der Waals surface area contributed by atoms with Crippen LogP contribution in [0.2, 0.25) is 0 Å². The van der Waals surface area contributed by atoms with E-state index in [9.17, 15) is 13.6 Å². The zero-order valence-corrected chi connectivity index (χ0v) is 17.8. The van der Waals surface area contributed by atoms with Crippen molar-refractivity contribution in [1.82, 2.24) is 19.4 Å². The lowest BCUT2D eigenvalue weighted by atomic mass is 10.0. The molecule has 2 N–H and O–H groups in total. The Hall–Kier alpha value is -4.08. The normalized spacial score (nSPS) is 16.3. The molecule has 2 aromatic heterocycles. The Balaban J connectivity index is 1.52. The van der Waals surface area contributed by atoms with E-state index in [0.717, 1.165) is 18.2 Å². The number of nitrogens with zero attached hydrogens (tertiary/aromatic N) is 5. The number of nitrogen functional groups attached to an aromatic ring is 1. The maximum atomic E-state index is 15.3. The topological polar surface area (TPSA) is 80.3 Å². The van der Waals surface area contributed by atoms with Gasteiger partial charge in [-0.3, -0.25) is 4.90 Å². The summed E-state index contributed by atoms with van der Waals surface area (Å²) in [5, 5.41) is 0.533. The molecule has 1 saturated heterocycles. The number of hydrogen-bond acceptors (Lipinski definition) is 4. The molecule has 0 bridgehead atoms. The molecule has 33 heavy (non-hydrogen) atoms. The number of fused-ring (bicyclic) bond motifs is 1. The number of aromatic nitrogens is 3. The Bertz CT molecular complexity index is 1420. The molecule has 0 radical (unpaired) electrons. The third kappa shape index (κ3) is 3.25. The van der Waals surface area contributed by atoms with Crippen molar-refractivity contribution in [1.29, 1.82) is 0 Å². The number of carbonyl (C=O) groups excluding carboxylic acids is 1. The van der Waals surface area contributed by atoms with Gasteiger partial charge in [-0.25, -0.2) is 27.9 Å². The van der Waals surface area contributed by atoms with Crippen LogP contribution in [-0.2, 0) is 7.05 Å². The van der Waals surface area contributed by atoms with Crippen LogP contribution in [0.5, 0.6) is 0 Å². The predicted octanol–water partition coefficient (Wildman–Crippen LogP) is 4.25. The highest BCUT2D eigenvalue weighted by Crippen LogP contribution is 2.37. The summed E-state index contributed by atoms with van der Waals surface area (Å²) in [4.78, 5) is 23.7. The standard InChI is InChI=1S/C23H19F3N6O/c1-30-9-16(20-21(27)28-11-29-22(20)30)14-5-4-13(8-18(14)26)32-10-19(31(2)23(32)33)15-7-12(24)3-6-17(15)25/h3-9,11,19H,10H2,1-2H3,(H2,27,28,29). The van der Waals surface area contributed by atoms with E-state index in [1.807, 2.05) is 0 Å². The van der Waals surface area contributed by atoms with Crippen LogP contribution < -0.4 is 10.6 Å². The number of rotatable bonds is 3. The third-order valence-corrected chi connectivity index (χ3v) is 6.01. The Labute approximate surface area is 186 Å². The SMILES string of the molecule is CN1C(=O)N(c2ccc(-c3cn(C)c4ncnc(N)c34)c(F)c2)CC1c1cc(F)ccc1F. The van der Waals surface area contributed by atoms with Crippen LogP contribution in [0.4, 0.5) is 29.5 Å². The first-order valence-corrected chi connectivity index (χ1v) is 10.1. The number of urea groups is 1. The summed E-state index contributed by atoms with van der Waals surface area (Å²) in [6, 6.07) is 6.35. The van der Waals surface area contributed by atoms with Gasteiger partial charge >= 0.3 is 6.03 Å². The molecule has 2 amide bonds. The highest BCUT2D eigenvalue weighted by molar-refractivity contribution is 6.01. The number of anilines is 2. The van der Waals surface area contributed by atoms with Gasteiger partial charge < -0.3 is 15.2 Å². The minimum Gasteiger partial charge on any atom is -0.383 e. The number of carbonyl (C=O) groups is 1. The van der Waals surface area contributed by atoms with Gasteiger partial charge in [0.05, 0.1) is 18.0 Å². The van der Waals surface area contributed by atoms with Gasteiger partial charge in [-0.1, -0.05) is 0 Å². The van der Waals surface area contributed by atoms with Crippen LogP contribution in [-0.4, -0.2) is 39.1 Å². The van der Waals surface area contributed by atoms with Gasteiger partial charge in [-0.15, -0.1) is 0 Å². The lowest BCUT2D eigenvalue weighted by molar-refractivity contribution is 0.218. The summed E-state index contributed by atoms with van der Waals surface area (Å²) in [7, 11) is 3.27. The second kappa shape index (κ2) is 7.51. The van der Waals surface area contributed by atoms with Gasteiger partial charge in [-0.2, -0.15) is 0 Å². The van der Waals surface area contributed by atoms with Crippen LogP contribution in [0, 0.1) is 17.5 Å². The summed E-state index contributed by atoms with van der Waals surface area (Å²) < 4.78 is 45.0. The summed E-state index contributed by atoms with van der Waals surface area (Å²) in [5.41, 5.74) is 7.75. The molecule has 1 aliphatic rings. The van der Waals surface area contributed by atoms with E-state index >= 15 is 4.39 Å². The van der Waals surface area contributed by atoms with Crippen molar-refractivity contribution in [3.8, 4) is 11.1 Å². The quantitative estimate of drug-likeness (QED) is 0.504. The van der Waals surface area contributed by atoms with E-state index in [2.05, 4.69) is 9.97 Å². The second-order valence-corrected chi connectivity index (χ2v) is 7.96. The number of likely N-dealkylation sites (N-methyl/N-ethyl adjacent to an activating group) is 1. The van der Waals surface area contributed by atoms with Crippen LogP contribution in [0.25, 0.3) is 22.2 Å². The van der Waals surface area contributed by atoms with Crippen molar-refractivity contribution in [3.63, 3.8) is 0 Å². The van der Waals surface area contributed by atoms with E-state index in [-0.39, 0.29) is 23.5 Å². The average molecular weight is 452 g/mol. The second-order valence-electron chi connectivity index (χ2n) is 7.96. The van der Waals surface area contributed by atoms with Crippen LogP contribution in [0.15, 0.2) is 48.9 Å². The van der Waals surface area contributed by atoms with E-state index in [1.54, 1.807) is 29.9 Å². The van der Waals surface area contributed by atoms with Crippen LogP contribution in [0.3, 0.4) is 0 Å². The summed E-state index contributed by atoms with van der Waals surface area (Å²) in [5.74, 6) is -1.55. The van der Waals surface area contributed by atoms with Gasteiger partial charge in [0.1, 0.15) is 35.2 Å². The maximum absolute atomic E-state index is 15.3. The Morgan fingerprint density at radius 1 is 1.00 bits per heavy atom. The predicted molar refractivity (Wildman–Crippen MR) is 118 cm³/mol. The maximum Gasteiger partial charge on any atom is 0.324 e. The lowest BCUT2D eigenvalue weighted by Crippen LogP contribution is -2.29. The van der Waals surface area contributed by atoms with E-state index in [0.29, 0.717) is 22.3 Å². The third-order valence-electron chi connectivity index (χ3n) is 6.01. The van der Waals surface area contributed by atoms with Gasteiger partial charge in [-0.05, 0) is 36.4 Å². The smallest absolute Gasteiger partial charge is 0.324 e. The first kappa shape index (κ1) is 20.8. The average Bonchev–Trinajstić information content (AvgIpc) is 3.27. The lowest BCUT2D eigenvalue weighted by Gasteiger charge is -2.18. The minimum atomic E-state index is -0.717. The van der Waals surface area contributed by atoms with Gasteiger partial charge in [0.25, 0.3) is 0 Å². The largest absolute Gasteiger partial charge is 0.383 e. The number of amides is 2. The van der Waals surface area contributed by atoms with Crippen LogP contribution in [0.1, 0.15) is 11.6 Å². The fraction of sp³-hybridized carbons (Fsp3) is 0.174. The summed E-state index contributed by atoms with van der Waals surface area (Å²) in [6.07, 6.45) is 3.06. The monoisotopic (exact) mass is 452 g/mol. The molecule has 0 spiro atoms. The molecule has 1 aliphatic heterocycles. The molecular weight excluding hydrogens is 433 g/mol. The highest BCUT2D eigenvalue weighted by atomic mass is 19.1. The van der Waals surface area contributed by atoms with E-state index in [4.69, 9.17) is 5.73 Å². The van der Waals surface area contributed by atoms with Crippen molar-refractivity contribution in [2.45, 2.75) is 6.04 Å². The first-order chi connectivity index (χ1) is 15.8. The van der Waals surface area contributed by atoms with Crippen molar-refractivity contribution in [2.24, 2.45) is 7.05 Å². The van der Waals surface area contributed by atoms with Gasteiger partial charge in [0, 0.05) is 42.7 Å². The van der Waals surface area contributed by atoms with Crippen molar-refractivity contribution < 1.29 is 18.0 Å². The molecule has 7 nitrogen and oxygen atoms in total. The van der Waals surface area contributed by atoms with Crippen molar-refractivity contribution in [2.75, 3.05) is 24.2 Å². The van der Waals surface area contributed by atoms with E-state index < -0.39 is 29.5 Å². The first-order valence-electron chi connectivity index (χ1n) is 10.1. The number of benzene rings is 2. The van der Waals surface area contributed by atoms with Crippen molar-refractivity contribution in [3.05, 3.63) is 71.9 Å². The number of nitrogens with two attached hydrogens (primary N) is 1. The van der Waals surface area contributed by atoms with E-state index in [1.165, 1.54) is 29.2 Å². The van der Waals surface area contributed by atoms with Gasteiger partial charge in [0.15, 0.2) is 0 Å². The zero-order valence-electron chi connectivity index (χ0n) is 17.8. The highest BCUT2D eigenvalue weighted by Gasteiger charge is 2.38. The zero-order chi connectivity index (χ0) is 23.4. The fourth-order valence-electron chi connectivity index (χ4n) is 4.32. The molecule has 1 atom stereocenters. The Kier molecular flexibility index (Phi) is 4.73. The molecular formula is C23H19F3N6O. The molecule has 0 saturated carbocycles. The molecule has 0 aliphatic carbocycles. The minimum absolute atomic E-state index is 0.0452. The summed E-state index contributed by atoms with van der Waals surface area (Å²) >= 11 is 0. The van der Waals surface area contributed by atoms with Crippen molar-refractivity contribution >= 4 is 28.6 Å². The molecule has 1 fully saturated rings. The summed E-state index contributed by atoms with van der Waals surface area (Å²) in [6.45, 7) is 0.0452. The molecule has 4 aromatic rings. The Morgan fingerprint density at radius 2 is 1.79 bits per heavy atom. The molecule has 2 aromatic carbocycles. The number of aryl methyl sites for hydroxylation is 1. The van der Waals surface area contributed by atoms with Crippen LogP contribution >= 0.6 is 0 Å². The van der Waals surface area contributed by atoms with Gasteiger partial charge in [0.2, 0.25) is 0 Å².